The topological polar surface area (TPSA) is 55.9 Å². The molecule has 30 heavy (non-hydrogen) atoms. The van der Waals surface area contributed by atoms with Crippen LogP contribution in [-0.4, -0.2) is 56.4 Å². The number of morpholine rings is 1. The van der Waals surface area contributed by atoms with E-state index in [1.807, 2.05) is 18.2 Å². The van der Waals surface area contributed by atoms with Crippen molar-refractivity contribution >= 4 is 11.6 Å². The zero-order chi connectivity index (χ0) is 19.6. The number of nitrogens with one attached hydrogen (secondary N) is 1. The maximum atomic E-state index is 5.87. The van der Waals surface area contributed by atoms with E-state index < -0.39 is 0 Å². The molecule has 1 aromatic heterocycles. The quantitative estimate of drug-likeness (QED) is 0.294. The van der Waals surface area contributed by atoms with Crippen LogP contribution in [0.15, 0.2) is 36.5 Å². The maximum Gasteiger partial charge on any atom is 0.161 e. The second-order valence-electron chi connectivity index (χ2n) is 6.75. The summed E-state index contributed by atoms with van der Waals surface area (Å²) in [5.41, 5.74) is 2.13. The number of rotatable bonds is 10. The number of benzene rings is 1. The van der Waals surface area contributed by atoms with Crippen molar-refractivity contribution in [3.8, 4) is 11.5 Å². The van der Waals surface area contributed by atoms with Gasteiger partial charge in [0.1, 0.15) is 11.8 Å². The SMILES string of the molecule is COc1cc(CNCCCN2CCOCC2)ccc1OCc1ccc(Cl)nc1.[Cl-].[Cl-]. The Labute approximate surface area is 196 Å². The van der Waals surface area contributed by atoms with Crippen LogP contribution in [0.3, 0.4) is 0 Å². The van der Waals surface area contributed by atoms with E-state index in [1.54, 1.807) is 19.4 Å². The summed E-state index contributed by atoms with van der Waals surface area (Å²) < 4.78 is 16.7. The molecule has 0 unspecified atom stereocenters. The molecule has 168 valence electrons. The number of hydrogen-bond acceptors (Lipinski definition) is 6. The molecule has 1 N–H and O–H groups in total. The minimum atomic E-state index is 0. The second-order valence-corrected chi connectivity index (χ2v) is 7.13. The fourth-order valence-electron chi connectivity index (χ4n) is 3.08. The van der Waals surface area contributed by atoms with E-state index in [0.29, 0.717) is 17.5 Å². The van der Waals surface area contributed by atoms with Gasteiger partial charge >= 0.3 is 0 Å². The lowest BCUT2D eigenvalue weighted by Gasteiger charge is -2.26. The number of halogens is 3. The highest BCUT2D eigenvalue weighted by molar-refractivity contribution is 6.29. The Bertz CT molecular complexity index is 729. The molecule has 2 heterocycles. The number of pyridine rings is 1. The standard InChI is InChI=1S/C21H28ClN3O3.2ClH/c1-26-20-13-17(14-23-7-2-8-25-9-11-27-12-10-25)3-5-19(20)28-16-18-4-6-21(22)24-15-18;;/h3-6,13,15,23H,2,7-12,14,16H2,1H3;2*1H/p-2. The second kappa shape index (κ2) is 14.7. The van der Waals surface area contributed by atoms with Gasteiger partial charge in [-0.25, -0.2) is 4.98 Å². The van der Waals surface area contributed by atoms with Crippen LogP contribution in [0.2, 0.25) is 5.15 Å². The molecule has 2 aromatic rings. The summed E-state index contributed by atoms with van der Waals surface area (Å²) in [6, 6.07) is 9.69. The van der Waals surface area contributed by atoms with Crippen molar-refractivity contribution in [1.82, 2.24) is 15.2 Å². The molecule has 1 aromatic carbocycles. The lowest BCUT2D eigenvalue weighted by molar-refractivity contribution is -0.001000. The van der Waals surface area contributed by atoms with Crippen molar-refractivity contribution in [2.45, 2.75) is 19.6 Å². The largest absolute Gasteiger partial charge is 1.00 e. The zero-order valence-electron chi connectivity index (χ0n) is 17.1. The van der Waals surface area contributed by atoms with Crippen molar-refractivity contribution in [1.29, 1.82) is 0 Å². The van der Waals surface area contributed by atoms with Gasteiger partial charge < -0.3 is 44.3 Å². The number of hydrogen-bond donors (Lipinski definition) is 1. The first kappa shape index (κ1) is 26.8. The molecule has 0 radical (unpaired) electrons. The molecule has 0 spiro atoms. The molecule has 9 heteroatoms. The lowest BCUT2D eigenvalue weighted by Crippen LogP contribution is -3.00. The number of aromatic nitrogens is 1. The average molecular weight is 477 g/mol. The molecular weight excluding hydrogens is 449 g/mol. The van der Waals surface area contributed by atoms with Crippen molar-refractivity contribution < 1.29 is 39.0 Å². The molecule has 0 amide bonds. The Morgan fingerprint density at radius 1 is 1.10 bits per heavy atom. The predicted octanol–water partition coefficient (Wildman–Crippen LogP) is -2.86. The van der Waals surface area contributed by atoms with E-state index in [-0.39, 0.29) is 24.8 Å². The number of ether oxygens (including phenoxy) is 3. The first-order valence-corrected chi connectivity index (χ1v) is 10.0. The Kier molecular flexibility index (Phi) is 13.1. The monoisotopic (exact) mass is 475 g/mol. The van der Waals surface area contributed by atoms with Crippen LogP contribution < -0.4 is 39.6 Å². The minimum Gasteiger partial charge on any atom is -1.00 e. The van der Waals surface area contributed by atoms with E-state index in [2.05, 4.69) is 21.3 Å². The van der Waals surface area contributed by atoms with Crippen LogP contribution >= 0.6 is 11.6 Å². The van der Waals surface area contributed by atoms with Crippen LogP contribution in [-0.2, 0) is 17.9 Å². The summed E-state index contributed by atoms with van der Waals surface area (Å²) in [6.07, 6.45) is 2.84. The fourth-order valence-corrected chi connectivity index (χ4v) is 3.19. The number of methoxy groups -OCH3 is 1. The zero-order valence-corrected chi connectivity index (χ0v) is 19.3. The van der Waals surface area contributed by atoms with E-state index in [9.17, 15) is 0 Å². The van der Waals surface area contributed by atoms with Gasteiger partial charge in [0, 0.05) is 31.4 Å². The van der Waals surface area contributed by atoms with E-state index >= 15 is 0 Å². The van der Waals surface area contributed by atoms with Crippen LogP contribution in [0.1, 0.15) is 17.5 Å². The van der Waals surface area contributed by atoms with Crippen molar-refractivity contribution in [2.75, 3.05) is 46.5 Å². The van der Waals surface area contributed by atoms with Gasteiger partial charge in [-0.05, 0) is 43.3 Å². The molecule has 3 rings (SSSR count). The van der Waals surface area contributed by atoms with Crippen molar-refractivity contribution in [2.24, 2.45) is 0 Å². The summed E-state index contributed by atoms with van der Waals surface area (Å²) >= 11 is 5.81. The lowest BCUT2D eigenvalue weighted by atomic mass is 10.2. The van der Waals surface area contributed by atoms with E-state index in [0.717, 1.165) is 63.7 Å². The maximum absolute atomic E-state index is 5.87. The van der Waals surface area contributed by atoms with E-state index in [1.165, 1.54) is 5.56 Å². The third kappa shape index (κ3) is 8.84. The first-order valence-electron chi connectivity index (χ1n) is 9.65. The Balaban J connectivity index is 0.00000225. The normalized spacial score (nSPS) is 13.8. The molecule has 0 aliphatic carbocycles. The first-order chi connectivity index (χ1) is 13.7. The van der Waals surface area contributed by atoms with Gasteiger partial charge in [-0.15, -0.1) is 0 Å². The molecule has 0 bridgehead atoms. The average Bonchev–Trinajstić information content (AvgIpc) is 2.74. The molecule has 0 atom stereocenters. The minimum absolute atomic E-state index is 0. The molecule has 0 saturated carbocycles. The van der Waals surface area contributed by atoms with E-state index in [4.69, 9.17) is 25.8 Å². The van der Waals surface area contributed by atoms with Crippen LogP contribution in [0.4, 0.5) is 0 Å². The van der Waals surface area contributed by atoms with Crippen LogP contribution in [0.5, 0.6) is 11.5 Å². The summed E-state index contributed by atoms with van der Waals surface area (Å²) in [4.78, 5) is 6.52. The van der Waals surface area contributed by atoms with Crippen molar-refractivity contribution in [3.63, 3.8) is 0 Å². The fraction of sp³-hybridized carbons (Fsp3) is 0.476. The molecule has 1 aliphatic heterocycles. The molecular formula is C21H28Cl3N3O3-2. The van der Waals surface area contributed by atoms with Gasteiger partial charge in [0.15, 0.2) is 11.5 Å². The highest BCUT2D eigenvalue weighted by Crippen LogP contribution is 2.28. The molecule has 6 nitrogen and oxygen atoms in total. The van der Waals surface area contributed by atoms with Gasteiger partial charge in [-0.2, -0.15) is 0 Å². The summed E-state index contributed by atoms with van der Waals surface area (Å²) in [6.45, 7) is 7.13. The van der Waals surface area contributed by atoms with Crippen LogP contribution in [0, 0.1) is 0 Å². The third-order valence-corrected chi connectivity index (χ3v) is 4.90. The summed E-state index contributed by atoms with van der Waals surface area (Å²) in [5, 5.41) is 3.98. The highest BCUT2D eigenvalue weighted by Gasteiger charge is 2.09. The summed E-state index contributed by atoms with van der Waals surface area (Å²) in [5.74, 6) is 1.45. The Morgan fingerprint density at radius 3 is 2.57 bits per heavy atom. The van der Waals surface area contributed by atoms with Crippen LogP contribution in [0.25, 0.3) is 0 Å². The van der Waals surface area contributed by atoms with Crippen molar-refractivity contribution in [3.05, 3.63) is 52.8 Å². The smallest absolute Gasteiger partial charge is 0.161 e. The molecule has 1 aliphatic rings. The third-order valence-electron chi connectivity index (χ3n) is 4.67. The Hall–Kier alpha value is -1.28. The molecule has 1 saturated heterocycles. The Morgan fingerprint density at radius 2 is 1.87 bits per heavy atom. The number of nitrogens with zero attached hydrogens (tertiary/aromatic N) is 2. The van der Waals surface area contributed by atoms with Gasteiger partial charge in [0.05, 0.1) is 20.3 Å². The predicted molar refractivity (Wildman–Crippen MR) is 110 cm³/mol. The highest BCUT2D eigenvalue weighted by atomic mass is 35.5. The van der Waals surface area contributed by atoms with Gasteiger partial charge in [-0.3, -0.25) is 4.90 Å². The molecule has 1 fully saturated rings. The van der Waals surface area contributed by atoms with Gasteiger partial charge in [0.25, 0.3) is 0 Å². The summed E-state index contributed by atoms with van der Waals surface area (Å²) in [7, 11) is 1.66. The van der Waals surface area contributed by atoms with Gasteiger partial charge in [0.2, 0.25) is 0 Å². The van der Waals surface area contributed by atoms with Gasteiger partial charge in [-0.1, -0.05) is 23.7 Å².